The van der Waals surface area contributed by atoms with Crippen LogP contribution in [0.25, 0.3) is 0 Å². The number of rotatable bonds is 6. The highest BCUT2D eigenvalue weighted by Gasteiger charge is 2.34. The SMILES string of the molecule is NC/[N+](=N\N)c1ccc(NCC(O)=[NH+]c2ccc(Cl)c(C(F)(F)F)c2)cc1. The van der Waals surface area contributed by atoms with E-state index in [2.05, 4.69) is 15.5 Å². The summed E-state index contributed by atoms with van der Waals surface area (Å²) in [7, 11) is 0. The van der Waals surface area contributed by atoms with Gasteiger partial charge in [0.1, 0.15) is 6.54 Å². The van der Waals surface area contributed by atoms with Gasteiger partial charge in [-0.25, -0.2) is 0 Å². The quantitative estimate of drug-likeness (QED) is 0.0967. The molecule has 0 aromatic heterocycles. The molecule has 7 nitrogen and oxygen atoms in total. The van der Waals surface area contributed by atoms with Crippen molar-refractivity contribution in [1.82, 2.24) is 0 Å². The number of hydrogen-bond acceptors (Lipinski definition) is 3. The van der Waals surface area contributed by atoms with Crippen LogP contribution in [0.1, 0.15) is 5.56 Å². The summed E-state index contributed by atoms with van der Waals surface area (Å²) in [5.41, 5.74) is 5.90. The molecule has 0 radical (unpaired) electrons. The molecular formula is C16H18ClF3N6O+2. The Hall–Kier alpha value is -2.85. The van der Waals surface area contributed by atoms with Crippen LogP contribution in [0.4, 0.5) is 30.2 Å². The van der Waals surface area contributed by atoms with Gasteiger partial charge in [0.05, 0.1) is 15.8 Å². The number of hydrogen-bond donors (Lipinski definition) is 5. The van der Waals surface area contributed by atoms with Crippen LogP contribution in [-0.4, -0.2) is 28.9 Å². The molecule has 0 atom stereocenters. The van der Waals surface area contributed by atoms with E-state index in [4.69, 9.17) is 23.2 Å². The lowest BCUT2D eigenvalue weighted by molar-refractivity contribution is -0.514. The maximum absolute atomic E-state index is 12.9. The van der Waals surface area contributed by atoms with E-state index >= 15 is 0 Å². The van der Waals surface area contributed by atoms with E-state index in [1.807, 2.05) is 0 Å². The van der Waals surface area contributed by atoms with E-state index in [-0.39, 0.29) is 24.8 Å². The fourth-order valence-electron chi connectivity index (χ4n) is 2.19. The molecule has 7 N–H and O–H groups in total. The average molecular weight is 403 g/mol. The van der Waals surface area contributed by atoms with E-state index in [9.17, 15) is 18.3 Å². The van der Waals surface area contributed by atoms with Crippen molar-refractivity contribution in [1.29, 1.82) is 0 Å². The molecule has 0 unspecified atom stereocenters. The summed E-state index contributed by atoms with van der Waals surface area (Å²) in [6.07, 6.45) is -4.59. The monoisotopic (exact) mass is 402 g/mol. The lowest BCUT2D eigenvalue weighted by Gasteiger charge is -2.07. The molecule has 0 saturated carbocycles. The number of aliphatic hydroxyl groups is 1. The molecule has 0 bridgehead atoms. The molecule has 0 spiro atoms. The molecule has 0 aliphatic carbocycles. The first-order valence-electron chi connectivity index (χ1n) is 7.65. The van der Waals surface area contributed by atoms with Gasteiger partial charge in [-0.15, -0.1) is 4.70 Å². The maximum atomic E-state index is 12.9. The maximum Gasteiger partial charge on any atom is 0.418 e. The first-order chi connectivity index (χ1) is 12.7. The van der Waals surface area contributed by atoms with Crippen LogP contribution in [0.3, 0.4) is 0 Å². The first kappa shape index (κ1) is 20.5. The Balaban J connectivity index is 2.06. The molecular weight excluding hydrogens is 385 g/mol. The van der Waals surface area contributed by atoms with Gasteiger partial charge in [0.15, 0.2) is 12.4 Å². The topological polar surface area (TPSA) is 114 Å². The molecule has 0 aliphatic heterocycles. The largest absolute Gasteiger partial charge is 0.462 e. The Labute approximate surface area is 157 Å². The molecule has 0 heterocycles. The third kappa shape index (κ3) is 5.56. The number of aliphatic hydroxyl groups excluding tert-OH is 1. The zero-order valence-electron chi connectivity index (χ0n) is 14.0. The molecule has 0 saturated heterocycles. The number of benzene rings is 2. The lowest BCUT2D eigenvalue weighted by Crippen LogP contribution is -2.68. The second-order valence-electron chi connectivity index (χ2n) is 5.36. The highest BCUT2D eigenvalue weighted by molar-refractivity contribution is 6.31. The minimum Gasteiger partial charge on any atom is -0.462 e. The predicted octanol–water partition coefficient (Wildman–Crippen LogP) is 2.03. The van der Waals surface area contributed by atoms with Gasteiger partial charge in [0, 0.05) is 17.8 Å². The van der Waals surface area contributed by atoms with Crippen LogP contribution in [0, 0.1) is 0 Å². The van der Waals surface area contributed by atoms with Crippen molar-refractivity contribution in [3.63, 3.8) is 0 Å². The molecule has 2 aromatic carbocycles. The predicted molar refractivity (Wildman–Crippen MR) is 95.2 cm³/mol. The van der Waals surface area contributed by atoms with Gasteiger partial charge in [-0.05, 0) is 30.3 Å². The normalized spacial score (nSPS) is 12.9. The highest BCUT2D eigenvalue weighted by atomic mass is 35.5. The van der Waals surface area contributed by atoms with Gasteiger partial charge in [-0.3, -0.25) is 5.73 Å². The summed E-state index contributed by atoms with van der Waals surface area (Å²) in [4.78, 5) is 2.49. The van der Waals surface area contributed by atoms with Crippen LogP contribution in [-0.2, 0) is 6.18 Å². The molecule has 2 aromatic rings. The van der Waals surface area contributed by atoms with E-state index in [1.54, 1.807) is 24.3 Å². The lowest BCUT2D eigenvalue weighted by atomic mass is 10.2. The van der Waals surface area contributed by atoms with Gasteiger partial charge < -0.3 is 10.4 Å². The Kier molecular flexibility index (Phi) is 6.59. The number of alkyl halides is 3. The summed E-state index contributed by atoms with van der Waals surface area (Å²) < 4.78 is 40.0. The molecule has 2 rings (SSSR count). The molecule has 144 valence electrons. The Morgan fingerprint density at radius 1 is 1.22 bits per heavy atom. The van der Waals surface area contributed by atoms with Crippen LogP contribution < -0.4 is 21.9 Å². The van der Waals surface area contributed by atoms with Crippen LogP contribution in [0.5, 0.6) is 0 Å². The number of nitrogens with one attached hydrogen (secondary N) is 2. The minimum absolute atomic E-state index is 0.0365. The van der Waals surface area contributed by atoms with Gasteiger partial charge in [-0.1, -0.05) is 11.6 Å². The number of anilines is 1. The van der Waals surface area contributed by atoms with Crippen molar-refractivity contribution in [3.8, 4) is 0 Å². The third-order valence-corrected chi connectivity index (χ3v) is 3.83. The van der Waals surface area contributed by atoms with Gasteiger partial charge in [0.2, 0.25) is 5.69 Å². The van der Waals surface area contributed by atoms with Crippen molar-refractivity contribution in [3.05, 3.63) is 53.1 Å². The van der Waals surface area contributed by atoms with Crippen LogP contribution in [0.2, 0.25) is 5.02 Å². The standard InChI is InChI=1S/C16H16ClF3N6O/c17-14-6-3-11(7-13(14)16(18,19)20)24-15(27)8-23-10-1-4-12(5-2-10)26(9-21)25-22/h1-7,22-23H,8-9,21H2,(H,24,27)/p+2. The number of nitrogens with two attached hydrogens (primary N) is 2. The number of nitrogens with zero attached hydrogens (tertiary/aromatic N) is 2. The Morgan fingerprint density at radius 3 is 2.44 bits per heavy atom. The smallest absolute Gasteiger partial charge is 0.418 e. The van der Waals surface area contributed by atoms with Crippen LogP contribution >= 0.6 is 11.6 Å². The van der Waals surface area contributed by atoms with Crippen molar-refractivity contribution >= 4 is 34.6 Å². The van der Waals surface area contributed by atoms with Gasteiger partial charge in [0.25, 0.3) is 0 Å². The summed E-state index contributed by atoms with van der Waals surface area (Å²) >= 11 is 5.56. The molecule has 27 heavy (non-hydrogen) atoms. The van der Waals surface area contributed by atoms with Crippen molar-refractivity contribution < 1.29 is 28.0 Å². The van der Waals surface area contributed by atoms with E-state index in [0.717, 1.165) is 12.1 Å². The van der Waals surface area contributed by atoms with Crippen molar-refractivity contribution in [2.45, 2.75) is 6.18 Å². The third-order valence-electron chi connectivity index (χ3n) is 3.50. The molecule has 0 aliphatic rings. The summed E-state index contributed by atoms with van der Waals surface area (Å²) in [5, 5.41) is 15.9. The summed E-state index contributed by atoms with van der Waals surface area (Å²) in [5.74, 6) is 4.94. The fourth-order valence-corrected chi connectivity index (χ4v) is 2.41. The molecule has 0 fully saturated rings. The zero-order valence-corrected chi connectivity index (χ0v) is 14.7. The molecule has 0 amide bonds. The van der Waals surface area contributed by atoms with Gasteiger partial charge >= 0.3 is 12.1 Å². The second-order valence-corrected chi connectivity index (χ2v) is 5.77. The summed E-state index contributed by atoms with van der Waals surface area (Å²) in [6.45, 7) is 0.0773. The van der Waals surface area contributed by atoms with Crippen molar-refractivity contribution in [2.24, 2.45) is 16.8 Å². The minimum atomic E-state index is -4.59. The summed E-state index contributed by atoms with van der Waals surface area (Å²) in [6, 6.07) is 10.1. The fraction of sp³-hybridized carbons (Fsp3) is 0.188. The van der Waals surface area contributed by atoms with E-state index in [0.29, 0.717) is 11.4 Å². The van der Waals surface area contributed by atoms with Crippen LogP contribution in [0.15, 0.2) is 47.7 Å². The zero-order chi connectivity index (χ0) is 20.0. The van der Waals surface area contributed by atoms with E-state index in [1.165, 1.54) is 10.8 Å². The first-order valence-corrected chi connectivity index (χ1v) is 8.03. The van der Waals surface area contributed by atoms with Gasteiger partial charge in [-0.2, -0.15) is 24.0 Å². The van der Waals surface area contributed by atoms with Crippen molar-refractivity contribution in [2.75, 3.05) is 18.5 Å². The second kappa shape index (κ2) is 8.69. The number of halogens is 4. The molecule has 11 heteroatoms. The Morgan fingerprint density at radius 2 is 1.89 bits per heavy atom. The average Bonchev–Trinajstić information content (AvgIpc) is 2.63. The van der Waals surface area contributed by atoms with E-state index < -0.39 is 16.8 Å². The Bertz CT molecular complexity index is 852. The highest BCUT2D eigenvalue weighted by Crippen LogP contribution is 2.35.